The molecule has 0 atom stereocenters. The Balaban J connectivity index is 1.81. The van der Waals surface area contributed by atoms with Crippen molar-refractivity contribution in [1.82, 2.24) is 0 Å². The molecule has 1 aliphatic heterocycles. The van der Waals surface area contributed by atoms with Gasteiger partial charge in [0.05, 0.1) is 22.0 Å². The van der Waals surface area contributed by atoms with Gasteiger partial charge in [-0.25, -0.2) is 0 Å². The fraction of sp³-hybridized carbons (Fsp3) is 0.316. The summed E-state index contributed by atoms with van der Waals surface area (Å²) in [6.07, 6.45) is 2.34. The van der Waals surface area contributed by atoms with Gasteiger partial charge < -0.3 is 10.2 Å². The number of piperidine rings is 1. The van der Waals surface area contributed by atoms with Crippen molar-refractivity contribution in [2.24, 2.45) is 5.92 Å². The molecule has 1 heterocycles. The molecule has 1 saturated heterocycles. The maximum atomic E-state index is 12.6. The summed E-state index contributed by atoms with van der Waals surface area (Å²) in [5.41, 5.74) is 2.29. The van der Waals surface area contributed by atoms with Crippen molar-refractivity contribution in [3.05, 3.63) is 58.1 Å². The van der Waals surface area contributed by atoms with Crippen molar-refractivity contribution in [1.29, 1.82) is 0 Å². The molecule has 0 radical (unpaired) electrons. The molecular weight excluding hydrogens is 343 g/mol. The van der Waals surface area contributed by atoms with Gasteiger partial charge in [-0.1, -0.05) is 42.3 Å². The first kappa shape index (κ1) is 17.1. The van der Waals surface area contributed by atoms with Gasteiger partial charge in [-0.05, 0) is 49.1 Å². The van der Waals surface area contributed by atoms with Gasteiger partial charge in [-0.2, -0.15) is 0 Å². The molecule has 3 rings (SSSR count). The average Bonchev–Trinajstić information content (AvgIpc) is 2.56. The highest BCUT2D eigenvalue weighted by Crippen LogP contribution is 2.30. The van der Waals surface area contributed by atoms with Gasteiger partial charge in [-0.3, -0.25) is 4.79 Å². The highest BCUT2D eigenvalue weighted by Gasteiger charge is 2.19. The fourth-order valence-corrected chi connectivity index (χ4v) is 3.46. The summed E-state index contributed by atoms with van der Waals surface area (Å²) in [6, 6.07) is 12.8. The maximum Gasteiger partial charge on any atom is 0.257 e. The molecule has 3 nitrogen and oxygen atoms in total. The standard InChI is InChI=1S/C19H20Cl2N2O/c1-13-8-10-23(11-9-13)18-5-3-2-4-17(18)22-19(24)15-7-6-14(20)12-16(15)21/h2-7,12-13H,8-11H2,1H3,(H,22,24). The van der Waals surface area contributed by atoms with Crippen molar-refractivity contribution in [3.63, 3.8) is 0 Å². The number of para-hydroxylation sites is 2. The van der Waals surface area contributed by atoms with Crippen LogP contribution in [-0.2, 0) is 0 Å². The summed E-state index contributed by atoms with van der Waals surface area (Å²) in [6.45, 7) is 4.30. The number of benzene rings is 2. The third-order valence-electron chi connectivity index (χ3n) is 4.45. The second-order valence-electron chi connectivity index (χ2n) is 6.27. The van der Waals surface area contributed by atoms with Crippen LogP contribution in [0.5, 0.6) is 0 Å². The van der Waals surface area contributed by atoms with E-state index in [0.29, 0.717) is 15.6 Å². The van der Waals surface area contributed by atoms with Crippen LogP contribution >= 0.6 is 23.2 Å². The van der Waals surface area contributed by atoms with Crippen LogP contribution in [0.15, 0.2) is 42.5 Å². The molecule has 2 aromatic carbocycles. The SMILES string of the molecule is CC1CCN(c2ccccc2NC(=O)c2ccc(Cl)cc2Cl)CC1. The lowest BCUT2D eigenvalue weighted by Crippen LogP contribution is -2.33. The highest BCUT2D eigenvalue weighted by atomic mass is 35.5. The molecule has 0 bridgehead atoms. The lowest BCUT2D eigenvalue weighted by molar-refractivity contribution is 0.102. The predicted molar refractivity (Wildman–Crippen MR) is 101 cm³/mol. The molecule has 5 heteroatoms. The van der Waals surface area contributed by atoms with Crippen molar-refractivity contribution >= 4 is 40.5 Å². The quantitative estimate of drug-likeness (QED) is 0.783. The van der Waals surface area contributed by atoms with Crippen LogP contribution < -0.4 is 10.2 Å². The van der Waals surface area contributed by atoms with E-state index in [1.54, 1.807) is 18.2 Å². The molecule has 0 saturated carbocycles. The molecule has 0 spiro atoms. The summed E-state index contributed by atoms with van der Waals surface area (Å²) in [4.78, 5) is 14.9. The van der Waals surface area contributed by atoms with E-state index in [1.165, 1.54) is 12.8 Å². The number of hydrogen-bond acceptors (Lipinski definition) is 2. The summed E-state index contributed by atoms with van der Waals surface area (Å²) in [7, 11) is 0. The minimum atomic E-state index is -0.227. The van der Waals surface area contributed by atoms with Crippen LogP contribution in [0.2, 0.25) is 10.0 Å². The van der Waals surface area contributed by atoms with E-state index in [4.69, 9.17) is 23.2 Å². The van der Waals surface area contributed by atoms with Gasteiger partial charge in [-0.15, -0.1) is 0 Å². The lowest BCUT2D eigenvalue weighted by Gasteiger charge is -2.33. The minimum Gasteiger partial charge on any atom is -0.370 e. The Labute approximate surface area is 152 Å². The number of carbonyl (C=O) groups excluding carboxylic acids is 1. The Morgan fingerprint density at radius 3 is 2.54 bits per heavy atom. The second kappa shape index (κ2) is 7.45. The van der Waals surface area contributed by atoms with Crippen molar-refractivity contribution < 1.29 is 4.79 Å². The zero-order chi connectivity index (χ0) is 17.1. The Bertz CT molecular complexity index is 740. The fourth-order valence-electron chi connectivity index (χ4n) is 2.97. The molecule has 24 heavy (non-hydrogen) atoms. The molecule has 0 unspecified atom stereocenters. The topological polar surface area (TPSA) is 32.3 Å². The third kappa shape index (κ3) is 3.85. The predicted octanol–water partition coefficient (Wildman–Crippen LogP) is 5.48. The largest absolute Gasteiger partial charge is 0.370 e. The van der Waals surface area contributed by atoms with E-state index in [-0.39, 0.29) is 5.91 Å². The monoisotopic (exact) mass is 362 g/mol. The third-order valence-corrected chi connectivity index (χ3v) is 5.00. The first-order valence-corrected chi connectivity index (χ1v) is 8.90. The number of nitrogens with one attached hydrogen (secondary N) is 1. The highest BCUT2D eigenvalue weighted by molar-refractivity contribution is 6.37. The van der Waals surface area contributed by atoms with Crippen LogP contribution in [0.3, 0.4) is 0 Å². The van der Waals surface area contributed by atoms with E-state index in [9.17, 15) is 4.79 Å². The number of halogens is 2. The molecule has 1 aliphatic rings. The van der Waals surface area contributed by atoms with Gasteiger partial charge in [0.25, 0.3) is 5.91 Å². The first-order chi connectivity index (χ1) is 11.5. The summed E-state index contributed by atoms with van der Waals surface area (Å²) < 4.78 is 0. The molecule has 1 N–H and O–H groups in total. The number of rotatable bonds is 3. The smallest absolute Gasteiger partial charge is 0.257 e. The molecule has 0 aliphatic carbocycles. The van der Waals surface area contributed by atoms with Gasteiger partial charge >= 0.3 is 0 Å². The Hall–Kier alpha value is -1.71. The number of carbonyl (C=O) groups is 1. The van der Waals surface area contributed by atoms with E-state index in [0.717, 1.165) is 30.4 Å². The molecule has 1 amide bonds. The van der Waals surface area contributed by atoms with Crippen molar-refractivity contribution in [2.75, 3.05) is 23.3 Å². The summed E-state index contributed by atoms with van der Waals surface area (Å²) in [5, 5.41) is 3.85. The summed E-state index contributed by atoms with van der Waals surface area (Å²) in [5.74, 6) is 0.533. The number of anilines is 2. The van der Waals surface area contributed by atoms with Crippen molar-refractivity contribution in [2.45, 2.75) is 19.8 Å². The second-order valence-corrected chi connectivity index (χ2v) is 7.11. The lowest BCUT2D eigenvalue weighted by atomic mass is 9.98. The van der Waals surface area contributed by atoms with E-state index >= 15 is 0 Å². The number of nitrogens with zero attached hydrogens (tertiary/aromatic N) is 1. The van der Waals surface area contributed by atoms with Crippen LogP contribution in [0.1, 0.15) is 30.1 Å². The Morgan fingerprint density at radius 2 is 1.83 bits per heavy atom. The molecule has 2 aromatic rings. The Morgan fingerprint density at radius 1 is 1.12 bits per heavy atom. The minimum absolute atomic E-state index is 0.227. The van der Waals surface area contributed by atoms with Crippen molar-refractivity contribution in [3.8, 4) is 0 Å². The van der Waals surface area contributed by atoms with Crippen LogP contribution in [0.25, 0.3) is 0 Å². The zero-order valence-electron chi connectivity index (χ0n) is 13.6. The van der Waals surface area contributed by atoms with E-state index in [2.05, 4.69) is 23.2 Å². The molecular formula is C19H20Cl2N2O. The number of amides is 1. The zero-order valence-corrected chi connectivity index (χ0v) is 15.1. The van der Waals surface area contributed by atoms with E-state index < -0.39 is 0 Å². The first-order valence-electron chi connectivity index (χ1n) is 8.15. The molecule has 126 valence electrons. The number of hydrogen-bond donors (Lipinski definition) is 1. The van der Waals surface area contributed by atoms with E-state index in [1.807, 2.05) is 18.2 Å². The normalized spacial score (nSPS) is 15.4. The van der Waals surface area contributed by atoms with Gasteiger partial charge in [0.1, 0.15) is 0 Å². The van der Waals surface area contributed by atoms with Gasteiger partial charge in [0.15, 0.2) is 0 Å². The van der Waals surface area contributed by atoms with Gasteiger partial charge in [0.2, 0.25) is 0 Å². The maximum absolute atomic E-state index is 12.6. The van der Waals surface area contributed by atoms with Crippen LogP contribution in [0, 0.1) is 5.92 Å². The Kier molecular flexibility index (Phi) is 5.32. The summed E-state index contributed by atoms with van der Waals surface area (Å²) >= 11 is 12.0. The molecule has 1 fully saturated rings. The molecule has 0 aromatic heterocycles. The van der Waals surface area contributed by atoms with Crippen LogP contribution in [0.4, 0.5) is 11.4 Å². The average molecular weight is 363 g/mol. The van der Waals surface area contributed by atoms with Crippen LogP contribution in [-0.4, -0.2) is 19.0 Å². The van der Waals surface area contributed by atoms with Gasteiger partial charge in [0, 0.05) is 18.1 Å².